The van der Waals surface area contributed by atoms with Crippen LogP contribution in [0.4, 0.5) is 0 Å². The molecule has 0 bridgehead atoms. The van der Waals surface area contributed by atoms with E-state index in [0.29, 0.717) is 37.0 Å². The van der Waals surface area contributed by atoms with E-state index in [1.165, 1.54) is 23.1 Å². The fraction of sp³-hybridized carbons (Fsp3) is 0.333. The van der Waals surface area contributed by atoms with Crippen molar-refractivity contribution in [2.45, 2.75) is 37.6 Å². The molecule has 0 spiro atoms. The van der Waals surface area contributed by atoms with Crippen LogP contribution < -0.4 is 0 Å². The van der Waals surface area contributed by atoms with Crippen molar-refractivity contribution in [2.75, 3.05) is 19.7 Å². The van der Waals surface area contributed by atoms with Crippen LogP contribution in [0.3, 0.4) is 0 Å². The van der Waals surface area contributed by atoms with Gasteiger partial charge in [0.15, 0.2) is 11.0 Å². The zero-order valence-corrected chi connectivity index (χ0v) is 22.9. The first-order valence-electron chi connectivity index (χ1n) is 12.5. The highest BCUT2D eigenvalue weighted by atomic mass is 32.2. The molecule has 11 heteroatoms. The Bertz CT molecular complexity index is 1420. The van der Waals surface area contributed by atoms with Crippen molar-refractivity contribution in [3.05, 3.63) is 70.4 Å². The lowest BCUT2D eigenvalue weighted by Gasteiger charge is -2.31. The van der Waals surface area contributed by atoms with E-state index in [1.54, 1.807) is 29.6 Å². The predicted octanol–water partition coefficient (Wildman–Crippen LogP) is 4.80. The Hall–Kier alpha value is -3.57. The third kappa shape index (κ3) is 5.63. The van der Waals surface area contributed by atoms with Crippen molar-refractivity contribution >= 4 is 35.0 Å². The van der Waals surface area contributed by atoms with Crippen LogP contribution in [0.5, 0.6) is 0 Å². The SMILES string of the molecule is CCOC(=O)C1CCCN(C(=O)c2csc(CSc3nnc(-c4cccnc4)n3-c3ccccc3C)n2)C1. The molecule has 0 saturated carbocycles. The molecule has 5 rings (SSSR count). The maximum Gasteiger partial charge on any atom is 0.310 e. The molecule has 1 atom stereocenters. The van der Waals surface area contributed by atoms with Gasteiger partial charge in [-0.2, -0.15) is 0 Å². The molecule has 1 aliphatic rings. The van der Waals surface area contributed by atoms with Crippen molar-refractivity contribution < 1.29 is 14.3 Å². The molecule has 1 aliphatic heterocycles. The van der Waals surface area contributed by atoms with Gasteiger partial charge in [0.25, 0.3) is 5.91 Å². The molecule has 3 aromatic heterocycles. The molecule has 38 heavy (non-hydrogen) atoms. The average Bonchev–Trinajstić information content (AvgIpc) is 3.60. The molecule has 4 heterocycles. The van der Waals surface area contributed by atoms with Gasteiger partial charge in [-0.05, 0) is 50.5 Å². The topological polar surface area (TPSA) is 103 Å². The highest BCUT2D eigenvalue weighted by Crippen LogP contribution is 2.31. The zero-order chi connectivity index (χ0) is 26.5. The average molecular weight is 549 g/mol. The summed E-state index contributed by atoms with van der Waals surface area (Å²) < 4.78 is 7.20. The van der Waals surface area contributed by atoms with Gasteiger partial charge in [0.05, 0.1) is 24.0 Å². The number of aromatic nitrogens is 5. The Kier molecular flexibility index (Phi) is 8.14. The number of ether oxygens (including phenoxy) is 1. The molecular formula is C27H28N6O3S2. The quantitative estimate of drug-likeness (QED) is 0.229. The highest BCUT2D eigenvalue weighted by molar-refractivity contribution is 7.98. The first-order valence-corrected chi connectivity index (χ1v) is 14.4. The number of thioether (sulfide) groups is 1. The molecule has 9 nitrogen and oxygen atoms in total. The van der Waals surface area contributed by atoms with Gasteiger partial charge in [0.2, 0.25) is 0 Å². The van der Waals surface area contributed by atoms with E-state index in [2.05, 4.69) is 33.2 Å². The molecule has 0 radical (unpaired) electrons. The second-order valence-corrected chi connectivity index (χ2v) is 10.8. The molecule has 1 fully saturated rings. The molecule has 0 N–H and O–H groups in total. The molecular weight excluding hydrogens is 520 g/mol. The van der Waals surface area contributed by atoms with Crippen molar-refractivity contribution in [2.24, 2.45) is 5.92 Å². The summed E-state index contributed by atoms with van der Waals surface area (Å²) in [5.41, 5.74) is 3.38. The second kappa shape index (κ2) is 11.9. The van der Waals surface area contributed by atoms with E-state index in [9.17, 15) is 9.59 Å². The number of hydrogen-bond acceptors (Lipinski definition) is 9. The van der Waals surface area contributed by atoms with Gasteiger partial charge in [-0.1, -0.05) is 30.0 Å². The molecule has 4 aromatic rings. The number of pyridine rings is 1. The van der Waals surface area contributed by atoms with Crippen LogP contribution in [0.15, 0.2) is 59.3 Å². The lowest BCUT2D eigenvalue weighted by molar-refractivity contribution is -0.149. The molecule has 1 saturated heterocycles. The summed E-state index contributed by atoms with van der Waals surface area (Å²) in [6, 6.07) is 11.9. The maximum atomic E-state index is 13.1. The fourth-order valence-electron chi connectivity index (χ4n) is 4.45. The minimum Gasteiger partial charge on any atom is -0.466 e. The lowest BCUT2D eigenvalue weighted by atomic mass is 9.98. The van der Waals surface area contributed by atoms with Crippen LogP contribution in [0, 0.1) is 12.8 Å². The predicted molar refractivity (Wildman–Crippen MR) is 146 cm³/mol. The lowest BCUT2D eigenvalue weighted by Crippen LogP contribution is -2.43. The van der Waals surface area contributed by atoms with E-state index >= 15 is 0 Å². The second-order valence-electron chi connectivity index (χ2n) is 8.93. The number of aryl methyl sites for hydroxylation is 1. The van der Waals surface area contributed by atoms with Gasteiger partial charge in [-0.25, -0.2) is 4.98 Å². The summed E-state index contributed by atoms with van der Waals surface area (Å²) in [5.74, 6) is 0.604. The normalized spacial score (nSPS) is 15.4. The monoisotopic (exact) mass is 548 g/mol. The van der Waals surface area contributed by atoms with Gasteiger partial charge in [0, 0.05) is 36.4 Å². The fourth-order valence-corrected chi connectivity index (χ4v) is 6.19. The van der Waals surface area contributed by atoms with Gasteiger partial charge >= 0.3 is 5.97 Å². The third-order valence-electron chi connectivity index (χ3n) is 6.33. The number of piperidine rings is 1. The minimum atomic E-state index is -0.275. The van der Waals surface area contributed by atoms with Crippen LogP contribution in [0.2, 0.25) is 0 Å². The number of carbonyl (C=O) groups excluding carboxylic acids is 2. The van der Waals surface area contributed by atoms with Crippen molar-refractivity contribution in [1.82, 2.24) is 29.6 Å². The maximum absolute atomic E-state index is 13.1. The number of nitrogens with zero attached hydrogens (tertiary/aromatic N) is 6. The minimum absolute atomic E-state index is 0.145. The number of esters is 1. The molecule has 1 amide bonds. The first kappa shape index (κ1) is 26.1. The van der Waals surface area contributed by atoms with Crippen LogP contribution >= 0.6 is 23.1 Å². The van der Waals surface area contributed by atoms with Gasteiger partial charge in [-0.15, -0.1) is 21.5 Å². The number of para-hydroxylation sites is 1. The van der Waals surface area contributed by atoms with E-state index in [1.807, 2.05) is 34.9 Å². The molecule has 196 valence electrons. The molecule has 1 unspecified atom stereocenters. The summed E-state index contributed by atoms with van der Waals surface area (Å²) in [4.78, 5) is 35.9. The van der Waals surface area contributed by atoms with E-state index in [-0.39, 0.29) is 17.8 Å². The highest BCUT2D eigenvalue weighted by Gasteiger charge is 2.30. The van der Waals surface area contributed by atoms with Gasteiger partial charge in [0.1, 0.15) is 10.7 Å². The van der Waals surface area contributed by atoms with Crippen LogP contribution in [0.25, 0.3) is 17.1 Å². The molecule has 0 aliphatic carbocycles. The number of thiazole rings is 1. The van der Waals surface area contributed by atoms with Gasteiger partial charge in [-0.3, -0.25) is 19.1 Å². The Morgan fingerprint density at radius 2 is 2.05 bits per heavy atom. The summed E-state index contributed by atoms with van der Waals surface area (Å²) >= 11 is 2.97. The summed E-state index contributed by atoms with van der Waals surface area (Å²) in [6.45, 7) is 5.19. The summed E-state index contributed by atoms with van der Waals surface area (Å²) in [7, 11) is 0. The van der Waals surface area contributed by atoms with Crippen molar-refractivity contribution in [1.29, 1.82) is 0 Å². The van der Waals surface area contributed by atoms with Gasteiger partial charge < -0.3 is 9.64 Å². The van der Waals surface area contributed by atoms with E-state index < -0.39 is 0 Å². The number of rotatable bonds is 8. The first-order chi connectivity index (χ1) is 18.5. The Morgan fingerprint density at radius 3 is 2.84 bits per heavy atom. The van der Waals surface area contributed by atoms with Crippen LogP contribution in [-0.4, -0.2) is 61.2 Å². The van der Waals surface area contributed by atoms with Crippen molar-refractivity contribution in [3.8, 4) is 17.1 Å². The number of carbonyl (C=O) groups is 2. The largest absolute Gasteiger partial charge is 0.466 e. The van der Waals surface area contributed by atoms with Crippen LogP contribution in [-0.2, 0) is 15.3 Å². The molecule has 1 aromatic carbocycles. The summed E-state index contributed by atoms with van der Waals surface area (Å²) in [5, 5.41) is 12.3. The van der Waals surface area contributed by atoms with E-state index in [0.717, 1.165) is 39.8 Å². The summed E-state index contributed by atoms with van der Waals surface area (Å²) in [6.07, 6.45) is 5.02. The number of likely N-dealkylation sites (tertiary alicyclic amines) is 1. The third-order valence-corrected chi connectivity index (χ3v) is 8.31. The number of hydrogen-bond donors (Lipinski definition) is 0. The number of benzene rings is 1. The van der Waals surface area contributed by atoms with Crippen molar-refractivity contribution in [3.63, 3.8) is 0 Å². The smallest absolute Gasteiger partial charge is 0.310 e. The zero-order valence-electron chi connectivity index (χ0n) is 21.2. The van der Waals surface area contributed by atoms with Crippen LogP contribution in [0.1, 0.15) is 40.8 Å². The Morgan fingerprint density at radius 1 is 1.18 bits per heavy atom. The Labute approximate surface area is 229 Å². The number of amides is 1. The van der Waals surface area contributed by atoms with E-state index in [4.69, 9.17) is 4.74 Å². The Balaban J connectivity index is 1.32. The standard InChI is InChI=1S/C27H28N6O3S2/c1-3-36-26(35)20-10-7-13-32(15-20)25(34)21-16-37-23(29-21)17-38-27-31-30-24(19-9-6-12-28-14-19)33(27)22-11-5-4-8-18(22)2/h4-6,8-9,11-12,14,16,20H,3,7,10,13,15,17H2,1-2H3.